The van der Waals surface area contributed by atoms with Gasteiger partial charge in [-0.05, 0) is 35.5 Å². The van der Waals surface area contributed by atoms with Gasteiger partial charge in [-0.3, -0.25) is 24.2 Å². The fourth-order valence-electron chi connectivity index (χ4n) is 5.60. The van der Waals surface area contributed by atoms with E-state index in [1.165, 1.54) is 31.9 Å². The number of hydrogen-bond acceptors (Lipinski definition) is 7. The molecule has 3 heterocycles. The predicted molar refractivity (Wildman–Crippen MR) is 130 cm³/mol. The average molecular weight is 555 g/mol. The number of halogens is 3. The van der Waals surface area contributed by atoms with E-state index in [0.29, 0.717) is 18.7 Å². The van der Waals surface area contributed by atoms with Crippen LogP contribution in [0.5, 0.6) is 5.88 Å². The summed E-state index contributed by atoms with van der Waals surface area (Å²) in [6.45, 7) is 8.93. The van der Waals surface area contributed by atoms with Crippen LogP contribution in [0.25, 0.3) is 0 Å². The van der Waals surface area contributed by atoms with Crippen LogP contribution in [0.2, 0.25) is 0 Å². The number of amides is 4. The van der Waals surface area contributed by atoms with Gasteiger partial charge in [0.05, 0.1) is 18.5 Å². The van der Waals surface area contributed by atoms with Crippen molar-refractivity contribution in [2.75, 3.05) is 13.2 Å². The van der Waals surface area contributed by atoms with Crippen molar-refractivity contribution in [1.29, 1.82) is 0 Å². The molecule has 4 rings (SSSR count). The molecule has 0 spiro atoms. The molecule has 39 heavy (non-hydrogen) atoms. The highest BCUT2D eigenvalue weighted by Crippen LogP contribution is 2.65. The third kappa shape index (κ3) is 5.37. The van der Waals surface area contributed by atoms with E-state index in [1.807, 2.05) is 13.8 Å². The number of carbonyl (C=O) groups excluding carboxylic acids is 4. The van der Waals surface area contributed by atoms with Gasteiger partial charge in [-0.15, -0.1) is 0 Å². The normalized spacial score (nSPS) is 24.9. The molecule has 1 aromatic rings. The summed E-state index contributed by atoms with van der Waals surface area (Å²) in [4.78, 5) is 61.2. The first-order chi connectivity index (χ1) is 17.9. The molecule has 1 saturated carbocycles. The highest BCUT2D eigenvalue weighted by Gasteiger charge is 2.70. The number of ether oxygens (including phenoxy) is 1. The van der Waals surface area contributed by atoms with Gasteiger partial charge in [0.1, 0.15) is 17.8 Å². The van der Waals surface area contributed by atoms with E-state index >= 15 is 0 Å². The summed E-state index contributed by atoms with van der Waals surface area (Å²) < 4.78 is 44.6. The molecule has 5 atom stereocenters. The quantitative estimate of drug-likeness (QED) is 0.474. The maximum atomic E-state index is 13.7. The predicted octanol–water partition coefficient (Wildman–Crippen LogP) is 1.02. The van der Waals surface area contributed by atoms with Gasteiger partial charge in [0, 0.05) is 6.54 Å². The first-order valence-corrected chi connectivity index (χ1v) is 12.7. The van der Waals surface area contributed by atoms with Crippen LogP contribution in [0.1, 0.15) is 58.5 Å². The monoisotopic (exact) mass is 554 g/mol. The third-order valence-corrected chi connectivity index (χ3v) is 7.90. The van der Waals surface area contributed by atoms with Gasteiger partial charge in [-0.2, -0.15) is 13.2 Å². The third-order valence-electron chi connectivity index (χ3n) is 7.90. The SMILES string of the molecule is CC(C)(C)[C@H](NC(=O)C(F)(F)F)C(=O)N1C[C@H]2[C@@H]([C@H]1C(=O)NC(C(N)=O)c1cnc3c(n1)OCCC3)C2(C)C. The Morgan fingerprint density at radius 1 is 1.18 bits per heavy atom. The molecule has 1 aromatic heterocycles. The molecule has 11 nitrogen and oxygen atoms in total. The zero-order valence-electron chi connectivity index (χ0n) is 22.4. The Hall–Kier alpha value is -3.45. The molecule has 1 saturated heterocycles. The van der Waals surface area contributed by atoms with Gasteiger partial charge in [0.2, 0.25) is 23.6 Å². The Labute approximate surface area is 223 Å². The van der Waals surface area contributed by atoms with Crippen molar-refractivity contribution in [2.45, 2.75) is 71.8 Å². The Kier molecular flexibility index (Phi) is 7.05. The molecule has 214 valence electrons. The van der Waals surface area contributed by atoms with Crippen molar-refractivity contribution >= 4 is 23.6 Å². The number of aromatic nitrogens is 2. The minimum atomic E-state index is -5.19. The highest BCUT2D eigenvalue weighted by molar-refractivity contribution is 5.96. The van der Waals surface area contributed by atoms with Crippen LogP contribution in [0.3, 0.4) is 0 Å². The number of rotatable bonds is 6. The summed E-state index contributed by atoms with van der Waals surface area (Å²) in [5.41, 5.74) is 4.83. The number of nitrogens with one attached hydrogen (secondary N) is 2. The molecule has 0 radical (unpaired) electrons. The summed E-state index contributed by atoms with van der Waals surface area (Å²) >= 11 is 0. The second-order valence-corrected chi connectivity index (χ2v) is 12.0. The topological polar surface area (TPSA) is 157 Å². The fraction of sp³-hybridized carbons (Fsp3) is 0.680. The number of likely N-dealkylation sites (tertiary alicyclic amines) is 1. The van der Waals surface area contributed by atoms with E-state index in [0.717, 1.165) is 6.42 Å². The van der Waals surface area contributed by atoms with Crippen LogP contribution in [0.4, 0.5) is 13.2 Å². The standard InChI is InChI=1S/C25H33F3N6O5/c1-23(2,3)17(33-22(38)25(26,27)28)21(37)34-10-11-14(24(11,4)5)16(34)19(36)32-15(18(29)35)13-9-30-12-7-6-8-39-20(12)31-13/h9,11,14-17H,6-8,10H2,1-5H3,(H2,29,35)(H,32,36)(H,33,38)/t11-,14-,15?,16-,17+/m0/s1. The second-order valence-electron chi connectivity index (χ2n) is 12.0. The number of aryl methyl sites for hydroxylation is 1. The fourth-order valence-corrected chi connectivity index (χ4v) is 5.60. The first kappa shape index (κ1) is 28.6. The number of primary amides is 1. The number of piperidine rings is 1. The summed E-state index contributed by atoms with van der Waals surface area (Å²) in [7, 11) is 0. The van der Waals surface area contributed by atoms with Crippen molar-refractivity contribution in [1.82, 2.24) is 25.5 Å². The lowest BCUT2D eigenvalue weighted by Gasteiger charge is -2.38. The molecular formula is C25H33F3N6O5. The van der Waals surface area contributed by atoms with Crippen LogP contribution in [-0.4, -0.2) is 69.9 Å². The summed E-state index contributed by atoms with van der Waals surface area (Å²) in [6, 6.07) is -4.05. The highest BCUT2D eigenvalue weighted by atomic mass is 19.4. The molecule has 2 aliphatic heterocycles. The number of hydrogen-bond donors (Lipinski definition) is 3. The summed E-state index contributed by atoms with van der Waals surface area (Å²) in [5, 5.41) is 4.38. The Bertz CT molecular complexity index is 1200. The van der Waals surface area contributed by atoms with Crippen LogP contribution in [0, 0.1) is 22.7 Å². The molecule has 3 aliphatic rings. The maximum absolute atomic E-state index is 13.7. The Balaban J connectivity index is 1.61. The zero-order valence-corrected chi connectivity index (χ0v) is 22.4. The maximum Gasteiger partial charge on any atom is 0.471 e. The minimum Gasteiger partial charge on any atom is -0.476 e. The van der Waals surface area contributed by atoms with Crippen LogP contribution >= 0.6 is 0 Å². The van der Waals surface area contributed by atoms with E-state index < -0.39 is 53.3 Å². The second kappa shape index (κ2) is 9.63. The zero-order chi connectivity index (χ0) is 29.1. The number of nitrogens with zero attached hydrogens (tertiary/aromatic N) is 3. The molecule has 1 unspecified atom stereocenters. The van der Waals surface area contributed by atoms with E-state index in [9.17, 15) is 32.3 Å². The van der Waals surface area contributed by atoms with E-state index in [1.54, 1.807) is 5.32 Å². The molecule has 0 bridgehead atoms. The van der Waals surface area contributed by atoms with Crippen molar-refractivity contribution in [3.8, 4) is 5.88 Å². The van der Waals surface area contributed by atoms with Gasteiger partial charge < -0.3 is 26.0 Å². The lowest BCUT2D eigenvalue weighted by Crippen LogP contribution is -2.61. The largest absolute Gasteiger partial charge is 0.476 e. The van der Waals surface area contributed by atoms with E-state index in [-0.39, 0.29) is 35.4 Å². The van der Waals surface area contributed by atoms with Crippen molar-refractivity contribution in [3.63, 3.8) is 0 Å². The molecule has 4 N–H and O–H groups in total. The number of alkyl halides is 3. The molecule has 2 fully saturated rings. The Morgan fingerprint density at radius 3 is 2.44 bits per heavy atom. The number of fused-ring (bicyclic) bond motifs is 2. The Morgan fingerprint density at radius 2 is 1.85 bits per heavy atom. The van der Waals surface area contributed by atoms with Gasteiger partial charge in [0.15, 0.2) is 6.04 Å². The summed E-state index contributed by atoms with van der Waals surface area (Å²) in [6.07, 6.45) is -2.45. The van der Waals surface area contributed by atoms with Gasteiger partial charge in [0.25, 0.3) is 0 Å². The van der Waals surface area contributed by atoms with Crippen LogP contribution in [0.15, 0.2) is 6.20 Å². The average Bonchev–Trinajstić information content (AvgIpc) is 3.16. The number of carbonyl (C=O) groups is 4. The van der Waals surface area contributed by atoms with Crippen LogP contribution in [-0.2, 0) is 25.6 Å². The molecule has 14 heteroatoms. The van der Waals surface area contributed by atoms with Crippen molar-refractivity contribution < 1.29 is 37.1 Å². The minimum absolute atomic E-state index is 0.0592. The number of nitrogens with two attached hydrogens (primary N) is 1. The van der Waals surface area contributed by atoms with Crippen molar-refractivity contribution in [2.24, 2.45) is 28.4 Å². The van der Waals surface area contributed by atoms with E-state index in [4.69, 9.17) is 10.5 Å². The van der Waals surface area contributed by atoms with E-state index in [2.05, 4.69) is 15.3 Å². The molecule has 0 aromatic carbocycles. The van der Waals surface area contributed by atoms with Crippen molar-refractivity contribution in [3.05, 3.63) is 17.6 Å². The van der Waals surface area contributed by atoms with Crippen LogP contribution < -0.4 is 21.1 Å². The lowest BCUT2D eigenvalue weighted by molar-refractivity contribution is -0.176. The first-order valence-electron chi connectivity index (χ1n) is 12.7. The van der Waals surface area contributed by atoms with Gasteiger partial charge in [-0.1, -0.05) is 34.6 Å². The van der Waals surface area contributed by atoms with Gasteiger partial charge in [-0.25, -0.2) is 4.98 Å². The lowest BCUT2D eigenvalue weighted by atomic mass is 9.85. The molecular weight excluding hydrogens is 521 g/mol. The summed E-state index contributed by atoms with van der Waals surface area (Å²) in [5.74, 6) is -4.86. The van der Waals surface area contributed by atoms with Gasteiger partial charge >= 0.3 is 12.1 Å². The smallest absolute Gasteiger partial charge is 0.471 e. The molecule has 4 amide bonds. The molecule has 1 aliphatic carbocycles.